The molecule has 2 nitrogen and oxygen atoms in total. The maximum Gasteiger partial charge on any atom is 0.220 e. The predicted molar refractivity (Wildman–Crippen MR) is 87.9 cm³/mol. The first-order valence-electron chi connectivity index (χ1n) is 7.55. The molecule has 0 heterocycles. The number of rotatable bonds is 8. The summed E-state index contributed by atoms with van der Waals surface area (Å²) >= 11 is 1.58. The van der Waals surface area contributed by atoms with Crippen LogP contribution in [-0.4, -0.2) is 18.2 Å². The molecule has 118 valence electrons. The number of carbonyl (C=O) groups excluding carboxylic acids is 1. The minimum atomic E-state index is -0.231. The molecule has 0 atom stereocenters. The average molecular weight is 311 g/mol. The van der Waals surface area contributed by atoms with Gasteiger partial charge in [0.15, 0.2) is 0 Å². The largest absolute Gasteiger partial charge is 0.356 e. The molecule has 1 N–H and O–H groups in total. The lowest BCUT2D eigenvalue weighted by molar-refractivity contribution is -0.121. The first-order chi connectivity index (χ1) is 9.90. The van der Waals surface area contributed by atoms with Crippen LogP contribution in [0.1, 0.15) is 34.1 Å². The maximum absolute atomic E-state index is 12.8. The lowest BCUT2D eigenvalue weighted by atomic mass is 9.85. The van der Waals surface area contributed by atoms with E-state index in [1.165, 1.54) is 12.1 Å². The Kier molecular flexibility index (Phi) is 7.79. The summed E-state index contributed by atoms with van der Waals surface area (Å²) in [5, 5.41) is 3.03. The molecule has 4 heteroatoms. The lowest BCUT2D eigenvalue weighted by Gasteiger charge is -2.25. The number of nitrogens with one attached hydrogen (secondary N) is 1. The van der Waals surface area contributed by atoms with Crippen LogP contribution in [0.25, 0.3) is 0 Å². The minimum Gasteiger partial charge on any atom is -0.356 e. The smallest absolute Gasteiger partial charge is 0.220 e. The van der Waals surface area contributed by atoms with E-state index in [1.807, 2.05) is 0 Å². The molecule has 0 aliphatic rings. The van der Waals surface area contributed by atoms with E-state index in [0.717, 1.165) is 11.4 Å². The standard InChI is InChI=1S/C17H26FNOS/c1-12(2)16(13(3)4)11-19-17(20)9-10-21-15-7-5-14(18)6-8-15/h5-8,12-13,16H,9-11H2,1-4H3,(H,19,20). The van der Waals surface area contributed by atoms with Crippen molar-refractivity contribution in [2.45, 2.75) is 39.0 Å². The molecule has 0 saturated carbocycles. The van der Waals surface area contributed by atoms with Crippen LogP contribution in [0, 0.1) is 23.6 Å². The van der Waals surface area contributed by atoms with E-state index < -0.39 is 0 Å². The Balaban J connectivity index is 2.26. The van der Waals surface area contributed by atoms with Crippen LogP contribution in [0.15, 0.2) is 29.2 Å². The Bertz CT molecular complexity index is 423. The molecule has 0 spiro atoms. The predicted octanol–water partition coefficient (Wildman–Crippen LogP) is 4.35. The highest BCUT2D eigenvalue weighted by atomic mass is 32.2. The van der Waals surface area contributed by atoms with Gasteiger partial charge in [0.25, 0.3) is 0 Å². The fourth-order valence-corrected chi connectivity index (χ4v) is 3.21. The van der Waals surface area contributed by atoms with Crippen LogP contribution in [-0.2, 0) is 4.79 Å². The molecule has 0 aliphatic carbocycles. The summed E-state index contributed by atoms with van der Waals surface area (Å²) < 4.78 is 12.8. The molecular weight excluding hydrogens is 285 g/mol. The third kappa shape index (κ3) is 6.98. The molecule has 0 unspecified atom stereocenters. The minimum absolute atomic E-state index is 0.0934. The highest BCUT2D eigenvalue weighted by Gasteiger charge is 2.17. The van der Waals surface area contributed by atoms with Crippen molar-refractivity contribution in [2.75, 3.05) is 12.3 Å². The van der Waals surface area contributed by atoms with Gasteiger partial charge in [-0.2, -0.15) is 0 Å². The number of benzene rings is 1. The van der Waals surface area contributed by atoms with Crippen molar-refractivity contribution in [3.8, 4) is 0 Å². The van der Waals surface area contributed by atoms with Crippen LogP contribution >= 0.6 is 11.8 Å². The normalized spacial score (nSPS) is 11.4. The third-order valence-electron chi connectivity index (χ3n) is 3.66. The van der Waals surface area contributed by atoms with Gasteiger partial charge in [0.2, 0.25) is 5.91 Å². The van der Waals surface area contributed by atoms with Crippen LogP contribution in [0.5, 0.6) is 0 Å². The van der Waals surface area contributed by atoms with E-state index >= 15 is 0 Å². The average Bonchev–Trinajstić information content (AvgIpc) is 2.40. The summed E-state index contributed by atoms with van der Waals surface area (Å²) in [5.74, 6) is 2.23. The molecule has 21 heavy (non-hydrogen) atoms. The van der Waals surface area contributed by atoms with Crippen molar-refractivity contribution in [1.82, 2.24) is 5.32 Å². The summed E-state index contributed by atoms with van der Waals surface area (Å²) in [6, 6.07) is 6.37. The molecular formula is C17H26FNOS. The van der Waals surface area contributed by atoms with Gasteiger partial charge >= 0.3 is 0 Å². The van der Waals surface area contributed by atoms with Crippen LogP contribution in [0.4, 0.5) is 4.39 Å². The summed E-state index contributed by atoms with van der Waals surface area (Å²) in [7, 11) is 0. The first kappa shape index (κ1) is 18.0. The van der Waals surface area contributed by atoms with Crippen LogP contribution < -0.4 is 5.32 Å². The second-order valence-electron chi connectivity index (χ2n) is 6.01. The molecule has 0 radical (unpaired) electrons. The summed E-state index contributed by atoms with van der Waals surface area (Å²) in [4.78, 5) is 12.8. The van der Waals surface area contributed by atoms with Crippen molar-refractivity contribution in [2.24, 2.45) is 17.8 Å². The Labute approximate surface area is 131 Å². The second-order valence-corrected chi connectivity index (χ2v) is 7.18. The highest BCUT2D eigenvalue weighted by molar-refractivity contribution is 7.99. The quantitative estimate of drug-likeness (QED) is 0.723. The number of thioether (sulfide) groups is 1. The van der Waals surface area contributed by atoms with Crippen molar-refractivity contribution in [1.29, 1.82) is 0 Å². The highest BCUT2D eigenvalue weighted by Crippen LogP contribution is 2.20. The van der Waals surface area contributed by atoms with Crippen molar-refractivity contribution in [3.05, 3.63) is 30.1 Å². The summed E-state index contributed by atoms with van der Waals surface area (Å²) in [5.41, 5.74) is 0. The molecule has 0 aliphatic heterocycles. The molecule has 0 fully saturated rings. The van der Waals surface area contributed by atoms with Crippen molar-refractivity contribution < 1.29 is 9.18 Å². The molecule has 0 bridgehead atoms. The van der Waals surface area contributed by atoms with Gasteiger partial charge in [-0.15, -0.1) is 11.8 Å². The third-order valence-corrected chi connectivity index (χ3v) is 4.67. The Hall–Kier alpha value is -1.03. The Morgan fingerprint density at radius 1 is 1.14 bits per heavy atom. The number of hydrogen-bond acceptors (Lipinski definition) is 2. The summed E-state index contributed by atoms with van der Waals surface area (Å²) in [6.45, 7) is 9.53. The van der Waals surface area contributed by atoms with Gasteiger partial charge in [0.05, 0.1) is 0 Å². The van der Waals surface area contributed by atoms with Crippen molar-refractivity contribution >= 4 is 17.7 Å². The van der Waals surface area contributed by atoms with E-state index in [0.29, 0.717) is 29.9 Å². The number of halogens is 1. The second kappa shape index (κ2) is 9.08. The number of amides is 1. The topological polar surface area (TPSA) is 29.1 Å². The van der Waals surface area contributed by atoms with E-state index in [1.54, 1.807) is 23.9 Å². The molecule has 1 aromatic carbocycles. The van der Waals surface area contributed by atoms with E-state index in [-0.39, 0.29) is 11.7 Å². The molecule has 0 aromatic heterocycles. The van der Waals surface area contributed by atoms with Crippen LogP contribution in [0.2, 0.25) is 0 Å². The summed E-state index contributed by atoms with van der Waals surface area (Å²) in [6.07, 6.45) is 0.491. The van der Waals surface area contributed by atoms with Gasteiger partial charge in [-0.05, 0) is 42.0 Å². The Morgan fingerprint density at radius 2 is 1.71 bits per heavy atom. The van der Waals surface area contributed by atoms with Crippen molar-refractivity contribution in [3.63, 3.8) is 0 Å². The zero-order valence-corrected chi connectivity index (χ0v) is 14.2. The van der Waals surface area contributed by atoms with Gasteiger partial charge < -0.3 is 5.32 Å². The van der Waals surface area contributed by atoms with Crippen LogP contribution in [0.3, 0.4) is 0 Å². The molecule has 0 saturated heterocycles. The molecule has 1 aromatic rings. The van der Waals surface area contributed by atoms with Gasteiger partial charge in [-0.1, -0.05) is 27.7 Å². The fraction of sp³-hybridized carbons (Fsp3) is 0.588. The maximum atomic E-state index is 12.8. The zero-order valence-electron chi connectivity index (χ0n) is 13.4. The van der Waals surface area contributed by atoms with Gasteiger partial charge in [0, 0.05) is 23.6 Å². The lowest BCUT2D eigenvalue weighted by Crippen LogP contribution is -2.34. The van der Waals surface area contributed by atoms with Gasteiger partial charge in [-0.25, -0.2) is 4.39 Å². The van der Waals surface area contributed by atoms with Gasteiger partial charge in [0.1, 0.15) is 5.82 Å². The molecule has 1 rings (SSSR count). The number of carbonyl (C=O) groups is 1. The van der Waals surface area contributed by atoms with E-state index in [2.05, 4.69) is 33.0 Å². The molecule has 1 amide bonds. The SMILES string of the molecule is CC(C)C(CNC(=O)CCSc1ccc(F)cc1)C(C)C. The monoisotopic (exact) mass is 311 g/mol. The van der Waals surface area contributed by atoms with E-state index in [4.69, 9.17) is 0 Å². The first-order valence-corrected chi connectivity index (χ1v) is 8.53. The zero-order chi connectivity index (χ0) is 15.8. The number of hydrogen-bond donors (Lipinski definition) is 1. The van der Waals surface area contributed by atoms with E-state index in [9.17, 15) is 9.18 Å². The Morgan fingerprint density at radius 3 is 2.24 bits per heavy atom. The fourth-order valence-electron chi connectivity index (χ4n) is 2.35. The van der Waals surface area contributed by atoms with Gasteiger partial charge in [-0.3, -0.25) is 4.79 Å².